The average molecular weight is 833 g/mol. The summed E-state index contributed by atoms with van der Waals surface area (Å²) in [5.41, 5.74) is 7.22. The molecule has 14 heteroatoms. The number of hydrogen-bond acceptors (Lipinski definition) is 6. The van der Waals surface area contributed by atoms with E-state index in [0.29, 0.717) is 13.1 Å². The Labute approximate surface area is 361 Å². The summed E-state index contributed by atoms with van der Waals surface area (Å²) < 4.78 is 0. The van der Waals surface area contributed by atoms with E-state index in [-0.39, 0.29) is 36.0 Å². The van der Waals surface area contributed by atoms with Gasteiger partial charge in [0.1, 0.15) is 23.7 Å². The molecule has 2 fully saturated rings. The van der Waals surface area contributed by atoms with Crippen molar-refractivity contribution in [3.63, 3.8) is 0 Å². The first kappa shape index (κ1) is 41.5. The van der Waals surface area contributed by atoms with E-state index in [2.05, 4.69) is 69.1 Å². The van der Waals surface area contributed by atoms with Crippen LogP contribution in [0, 0.1) is 0 Å². The number of H-pyrrole nitrogens is 2. The zero-order chi connectivity index (χ0) is 43.3. The van der Waals surface area contributed by atoms with Gasteiger partial charge in [-0.05, 0) is 59.1 Å². The highest BCUT2D eigenvalue weighted by molar-refractivity contribution is 5.89. The van der Waals surface area contributed by atoms with Gasteiger partial charge in [0.15, 0.2) is 0 Å². The largest absolute Gasteiger partial charge is 0.340 e. The van der Waals surface area contributed by atoms with Crippen LogP contribution in [0.15, 0.2) is 122 Å². The minimum Gasteiger partial charge on any atom is -0.340 e. The lowest BCUT2D eigenvalue weighted by Crippen LogP contribution is -2.45. The molecule has 4 aromatic carbocycles. The summed E-state index contributed by atoms with van der Waals surface area (Å²) in [7, 11) is 6.62. The molecule has 4 N–H and O–H groups in total. The van der Waals surface area contributed by atoms with Crippen molar-refractivity contribution < 1.29 is 19.2 Å². The molecule has 2 aliphatic rings. The molecule has 6 amide bonds. The number of aromatic amines is 2. The summed E-state index contributed by atoms with van der Waals surface area (Å²) in [5, 5.41) is 5.82. The number of imidazole rings is 2. The molecule has 4 heterocycles. The van der Waals surface area contributed by atoms with Crippen molar-refractivity contribution in [3.8, 4) is 33.6 Å². The van der Waals surface area contributed by atoms with Crippen LogP contribution in [0.5, 0.6) is 0 Å². The van der Waals surface area contributed by atoms with Gasteiger partial charge in [-0.2, -0.15) is 0 Å². The Morgan fingerprint density at radius 1 is 0.548 bits per heavy atom. The van der Waals surface area contributed by atoms with Crippen LogP contribution in [0.3, 0.4) is 0 Å². The molecule has 2 aromatic heterocycles. The van der Waals surface area contributed by atoms with Crippen molar-refractivity contribution in [1.82, 2.24) is 50.2 Å². The Kier molecular flexibility index (Phi) is 12.2. The topological polar surface area (TPSA) is 163 Å². The first-order valence-corrected chi connectivity index (χ1v) is 21.0. The number of likely N-dealkylation sites (tertiary alicyclic amines) is 2. The first-order chi connectivity index (χ1) is 30.0. The second-order valence-corrected chi connectivity index (χ2v) is 16.3. The van der Waals surface area contributed by atoms with E-state index in [4.69, 9.17) is 9.97 Å². The minimum atomic E-state index is -0.816. The third-order valence-electron chi connectivity index (χ3n) is 11.7. The number of hydrogen-bond donors (Lipinski definition) is 4. The van der Waals surface area contributed by atoms with Gasteiger partial charge in [-0.3, -0.25) is 9.59 Å². The predicted octanol–water partition coefficient (Wildman–Crippen LogP) is 7.49. The number of urea groups is 2. The summed E-state index contributed by atoms with van der Waals surface area (Å²) in [4.78, 5) is 76.5. The number of benzene rings is 4. The van der Waals surface area contributed by atoms with Gasteiger partial charge in [0, 0.05) is 41.3 Å². The van der Waals surface area contributed by atoms with Gasteiger partial charge >= 0.3 is 12.1 Å². The van der Waals surface area contributed by atoms with Gasteiger partial charge in [0.2, 0.25) is 11.8 Å². The van der Waals surface area contributed by atoms with Gasteiger partial charge in [0.25, 0.3) is 0 Å². The number of carbonyl (C=O) groups excluding carboxylic acids is 4. The fraction of sp³-hybridized carbons (Fsp3) is 0.292. The molecule has 2 saturated heterocycles. The van der Waals surface area contributed by atoms with E-state index >= 15 is 0 Å². The van der Waals surface area contributed by atoms with Gasteiger partial charge in [0.05, 0.1) is 35.9 Å². The molecule has 0 bridgehead atoms. The van der Waals surface area contributed by atoms with Crippen molar-refractivity contribution in [3.05, 3.63) is 144 Å². The average Bonchev–Trinajstić information content (AvgIpc) is 4.15. The number of nitrogens with one attached hydrogen (secondary N) is 4. The zero-order valence-electron chi connectivity index (χ0n) is 35.4. The third kappa shape index (κ3) is 8.80. The lowest BCUT2D eigenvalue weighted by atomic mass is 10.0. The Morgan fingerprint density at radius 3 is 1.26 bits per heavy atom. The van der Waals surface area contributed by atoms with E-state index in [9.17, 15) is 19.2 Å². The molecule has 0 radical (unpaired) electrons. The predicted molar refractivity (Wildman–Crippen MR) is 237 cm³/mol. The van der Waals surface area contributed by atoms with Crippen molar-refractivity contribution in [2.24, 2.45) is 0 Å². The highest BCUT2D eigenvalue weighted by Gasteiger charge is 2.38. The summed E-state index contributed by atoms with van der Waals surface area (Å²) in [5.74, 6) is 1.11. The first-order valence-electron chi connectivity index (χ1n) is 21.0. The van der Waals surface area contributed by atoms with Crippen molar-refractivity contribution in [2.45, 2.75) is 49.9 Å². The SMILES string of the molecule is CN(C)C(=O)N[C@@H](C(=O)N1CCCC1c1ncc(-c2ccc(-c3ccc(-c4cnc(C5CCCN5C(=O)[C@H](NC(=O)N(C)C)c5ccccc5)[nH]4)cc3)cc2)[nH]1)c1ccccc1. The second kappa shape index (κ2) is 18.2. The molecular formula is C48H52N10O4. The van der Waals surface area contributed by atoms with Gasteiger partial charge in [-0.25, -0.2) is 19.6 Å². The van der Waals surface area contributed by atoms with Crippen LogP contribution in [0.1, 0.15) is 72.6 Å². The normalized spacial score (nSPS) is 17.0. The Bertz CT molecular complexity index is 2320. The summed E-state index contributed by atoms with van der Waals surface area (Å²) in [6, 6.07) is 32.5. The van der Waals surface area contributed by atoms with Crippen LogP contribution in [0.4, 0.5) is 9.59 Å². The maximum Gasteiger partial charge on any atom is 0.317 e. The molecule has 318 valence electrons. The Hall–Kier alpha value is -7.22. The van der Waals surface area contributed by atoms with Crippen LogP contribution >= 0.6 is 0 Å². The van der Waals surface area contributed by atoms with Gasteiger partial charge in [-0.1, -0.05) is 109 Å². The summed E-state index contributed by atoms with van der Waals surface area (Å²) in [6.45, 7) is 1.15. The van der Waals surface area contributed by atoms with Crippen molar-refractivity contribution in [2.75, 3.05) is 41.3 Å². The monoisotopic (exact) mass is 832 g/mol. The molecule has 0 saturated carbocycles. The highest BCUT2D eigenvalue weighted by Crippen LogP contribution is 2.36. The molecule has 2 unspecified atom stereocenters. The molecule has 0 aliphatic carbocycles. The fourth-order valence-electron chi connectivity index (χ4n) is 8.32. The van der Waals surface area contributed by atoms with Crippen LogP contribution in [-0.4, -0.2) is 105 Å². The Morgan fingerprint density at radius 2 is 0.903 bits per heavy atom. The summed E-state index contributed by atoms with van der Waals surface area (Å²) in [6.07, 6.45) is 6.82. The molecule has 62 heavy (non-hydrogen) atoms. The number of rotatable bonds is 11. The zero-order valence-corrected chi connectivity index (χ0v) is 35.4. The van der Waals surface area contributed by atoms with Gasteiger partial charge < -0.3 is 40.2 Å². The van der Waals surface area contributed by atoms with E-state index < -0.39 is 12.1 Å². The number of carbonyl (C=O) groups is 4. The second-order valence-electron chi connectivity index (χ2n) is 16.3. The lowest BCUT2D eigenvalue weighted by molar-refractivity contribution is -0.135. The van der Waals surface area contributed by atoms with Crippen LogP contribution in [0.2, 0.25) is 0 Å². The van der Waals surface area contributed by atoms with Crippen LogP contribution in [-0.2, 0) is 9.59 Å². The minimum absolute atomic E-state index is 0.163. The maximum absolute atomic E-state index is 14.1. The standard InChI is InChI=1S/C48H52N10O4/c1-55(2)47(61)53-41(35-13-7-5-8-14-35)45(59)57-27-11-17-39(57)43-49-29-37(51-43)33-23-19-31(20-24-33)32-21-25-34(26-22-32)38-30-50-44(52-38)40-18-12-28-58(40)46(60)42(54-48(62)56(3)4)36-15-9-6-10-16-36/h5-10,13-16,19-26,29-30,39-42H,11-12,17-18,27-28H2,1-4H3,(H,49,51)(H,50,52)(H,53,61)(H,54,62)/t39?,40?,41-,42-/m1/s1. The number of aromatic nitrogens is 4. The van der Waals surface area contributed by atoms with E-state index in [0.717, 1.165) is 82.1 Å². The molecular weight excluding hydrogens is 781 g/mol. The highest BCUT2D eigenvalue weighted by atomic mass is 16.2. The van der Waals surface area contributed by atoms with E-state index in [1.807, 2.05) is 82.9 Å². The molecule has 8 rings (SSSR count). The molecule has 6 aromatic rings. The van der Waals surface area contributed by atoms with Crippen LogP contribution in [0.25, 0.3) is 33.6 Å². The third-order valence-corrected chi connectivity index (χ3v) is 11.7. The molecule has 14 nitrogen and oxygen atoms in total. The fourth-order valence-corrected chi connectivity index (χ4v) is 8.32. The molecule has 4 atom stereocenters. The quantitative estimate of drug-likeness (QED) is 0.106. The summed E-state index contributed by atoms with van der Waals surface area (Å²) >= 11 is 0. The van der Waals surface area contributed by atoms with Crippen LogP contribution < -0.4 is 10.6 Å². The number of nitrogens with zero attached hydrogens (tertiary/aromatic N) is 6. The lowest BCUT2D eigenvalue weighted by Gasteiger charge is -2.29. The van der Waals surface area contributed by atoms with Gasteiger partial charge in [-0.15, -0.1) is 0 Å². The Balaban J connectivity index is 0.929. The van der Waals surface area contributed by atoms with Crippen molar-refractivity contribution in [1.29, 1.82) is 0 Å². The van der Waals surface area contributed by atoms with Crippen molar-refractivity contribution >= 4 is 23.9 Å². The van der Waals surface area contributed by atoms with E-state index in [1.54, 1.807) is 28.2 Å². The van der Waals surface area contributed by atoms with E-state index in [1.165, 1.54) is 9.80 Å². The maximum atomic E-state index is 14.1. The number of amides is 6. The molecule has 0 spiro atoms. The molecule has 2 aliphatic heterocycles. The smallest absolute Gasteiger partial charge is 0.317 e.